The molecular weight excluding hydrogens is 168 g/mol. The quantitative estimate of drug-likeness (QED) is 0.503. The van der Waals surface area contributed by atoms with Gasteiger partial charge in [-0.25, -0.2) is 4.79 Å². The lowest BCUT2D eigenvalue weighted by Gasteiger charge is -2.09. The maximum absolute atomic E-state index is 11.4. The van der Waals surface area contributed by atoms with E-state index in [1.54, 1.807) is 0 Å². The standard InChI is InChI=1S/C9H12N2O2/c1-3-5-6-11-8(12)7(4-2)10-9(11)13/h1,7H,4-6H2,2H3,(H,10,13). The van der Waals surface area contributed by atoms with Gasteiger partial charge in [0.15, 0.2) is 0 Å². The van der Waals surface area contributed by atoms with Crippen LogP contribution in [0.4, 0.5) is 4.79 Å². The van der Waals surface area contributed by atoms with Crippen molar-refractivity contribution < 1.29 is 9.59 Å². The summed E-state index contributed by atoms with van der Waals surface area (Å²) >= 11 is 0. The molecule has 13 heavy (non-hydrogen) atoms. The number of terminal acetylenes is 1. The first-order chi connectivity index (χ1) is 6.20. The number of nitrogens with zero attached hydrogens (tertiary/aromatic N) is 1. The molecule has 0 aromatic rings. The van der Waals surface area contributed by atoms with Gasteiger partial charge in [0.25, 0.3) is 5.91 Å². The number of nitrogens with one attached hydrogen (secondary N) is 1. The van der Waals surface area contributed by atoms with E-state index in [1.165, 1.54) is 4.90 Å². The molecule has 1 aliphatic heterocycles. The van der Waals surface area contributed by atoms with Crippen molar-refractivity contribution in [3.63, 3.8) is 0 Å². The lowest BCUT2D eigenvalue weighted by Crippen LogP contribution is -2.32. The number of hydrogen-bond acceptors (Lipinski definition) is 2. The summed E-state index contributed by atoms with van der Waals surface area (Å²) in [7, 11) is 0. The summed E-state index contributed by atoms with van der Waals surface area (Å²) in [5, 5.41) is 2.58. The van der Waals surface area contributed by atoms with Crippen LogP contribution in [0.15, 0.2) is 0 Å². The van der Waals surface area contributed by atoms with Crippen LogP contribution in [0.2, 0.25) is 0 Å². The zero-order valence-corrected chi connectivity index (χ0v) is 7.54. The maximum Gasteiger partial charge on any atom is 0.324 e. The second-order valence-corrected chi connectivity index (χ2v) is 2.85. The Morgan fingerprint density at radius 2 is 2.31 bits per heavy atom. The zero-order valence-electron chi connectivity index (χ0n) is 7.54. The Labute approximate surface area is 77.3 Å². The number of carbonyl (C=O) groups excluding carboxylic acids is 2. The topological polar surface area (TPSA) is 49.4 Å². The Morgan fingerprint density at radius 1 is 1.62 bits per heavy atom. The van der Waals surface area contributed by atoms with E-state index in [-0.39, 0.29) is 18.0 Å². The lowest BCUT2D eigenvalue weighted by atomic mass is 10.2. The third-order valence-corrected chi connectivity index (χ3v) is 1.99. The van der Waals surface area contributed by atoms with E-state index in [0.717, 1.165) is 0 Å². The molecule has 1 N–H and O–H groups in total. The highest BCUT2D eigenvalue weighted by molar-refractivity contribution is 6.04. The number of amides is 3. The largest absolute Gasteiger partial charge is 0.326 e. The number of hydrogen-bond donors (Lipinski definition) is 1. The Kier molecular flexibility index (Phi) is 2.91. The summed E-state index contributed by atoms with van der Waals surface area (Å²) in [6.45, 7) is 2.17. The van der Waals surface area contributed by atoms with Crippen LogP contribution in [0.25, 0.3) is 0 Å². The molecule has 1 unspecified atom stereocenters. The molecule has 1 saturated heterocycles. The van der Waals surface area contributed by atoms with E-state index in [9.17, 15) is 9.59 Å². The van der Waals surface area contributed by atoms with Crippen molar-refractivity contribution in [2.45, 2.75) is 25.8 Å². The minimum Gasteiger partial charge on any atom is -0.326 e. The highest BCUT2D eigenvalue weighted by Crippen LogP contribution is 2.08. The summed E-state index contributed by atoms with van der Waals surface area (Å²) in [6, 6.07) is -0.683. The maximum atomic E-state index is 11.4. The molecular formula is C9H12N2O2. The Bertz CT molecular complexity index is 267. The molecule has 0 aliphatic carbocycles. The monoisotopic (exact) mass is 180 g/mol. The molecule has 1 atom stereocenters. The van der Waals surface area contributed by atoms with E-state index < -0.39 is 0 Å². The van der Waals surface area contributed by atoms with Gasteiger partial charge in [0.2, 0.25) is 0 Å². The van der Waals surface area contributed by atoms with E-state index >= 15 is 0 Å². The van der Waals surface area contributed by atoms with Crippen molar-refractivity contribution in [2.75, 3.05) is 6.54 Å². The number of imide groups is 1. The van der Waals surface area contributed by atoms with Crippen LogP contribution in [0, 0.1) is 12.3 Å². The second kappa shape index (κ2) is 3.94. The summed E-state index contributed by atoms with van der Waals surface area (Å²) in [6.07, 6.45) is 6.08. The first kappa shape index (κ1) is 9.59. The smallest absolute Gasteiger partial charge is 0.324 e. The number of rotatable bonds is 3. The lowest BCUT2D eigenvalue weighted by molar-refractivity contribution is -0.127. The molecule has 3 amide bonds. The second-order valence-electron chi connectivity index (χ2n) is 2.85. The minimum absolute atomic E-state index is 0.164. The fraction of sp³-hybridized carbons (Fsp3) is 0.556. The van der Waals surface area contributed by atoms with Crippen molar-refractivity contribution in [2.24, 2.45) is 0 Å². The predicted molar refractivity (Wildman–Crippen MR) is 47.8 cm³/mol. The molecule has 0 saturated carbocycles. The molecule has 0 aromatic heterocycles. The van der Waals surface area contributed by atoms with Crippen LogP contribution < -0.4 is 5.32 Å². The van der Waals surface area contributed by atoms with Gasteiger partial charge in [-0.1, -0.05) is 6.92 Å². The normalized spacial score (nSPS) is 21.5. The zero-order chi connectivity index (χ0) is 9.84. The van der Waals surface area contributed by atoms with Crippen molar-refractivity contribution in [1.29, 1.82) is 0 Å². The fourth-order valence-electron chi connectivity index (χ4n) is 1.24. The SMILES string of the molecule is C#CCCN1C(=O)NC(CC)C1=O. The van der Waals surface area contributed by atoms with Gasteiger partial charge in [-0.05, 0) is 6.42 Å². The molecule has 0 aromatic carbocycles. The molecule has 1 rings (SSSR count). The highest BCUT2D eigenvalue weighted by atomic mass is 16.2. The van der Waals surface area contributed by atoms with Crippen LogP contribution in [-0.2, 0) is 4.79 Å². The number of urea groups is 1. The molecule has 70 valence electrons. The van der Waals surface area contributed by atoms with Crippen LogP contribution in [-0.4, -0.2) is 29.4 Å². The van der Waals surface area contributed by atoms with Gasteiger partial charge in [0, 0.05) is 13.0 Å². The molecule has 1 heterocycles. The van der Waals surface area contributed by atoms with Crippen LogP contribution in [0.5, 0.6) is 0 Å². The van der Waals surface area contributed by atoms with Gasteiger partial charge in [-0.2, -0.15) is 0 Å². The minimum atomic E-state index is -0.356. The van der Waals surface area contributed by atoms with Crippen LogP contribution in [0.3, 0.4) is 0 Å². The molecule has 4 heteroatoms. The fourth-order valence-corrected chi connectivity index (χ4v) is 1.24. The number of carbonyl (C=O) groups is 2. The van der Waals surface area contributed by atoms with E-state index in [4.69, 9.17) is 6.42 Å². The molecule has 1 aliphatic rings. The summed E-state index contributed by atoms with van der Waals surface area (Å²) < 4.78 is 0. The summed E-state index contributed by atoms with van der Waals surface area (Å²) in [5.74, 6) is 2.23. The van der Waals surface area contributed by atoms with Crippen molar-refractivity contribution >= 4 is 11.9 Å². The molecule has 0 bridgehead atoms. The predicted octanol–water partition coefficient (Wildman–Crippen LogP) is 0.340. The Balaban J connectivity index is 2.60. The van der Waals surface area contributed by atoms with Gasteiger partial charge in [-0.15, -0.1) is 12.3 Å². The van der Waals surface area contributed by atoms with Gasteiger partial charge < -0.3 is 5.32 Å². The average molecular weight is 180 g/mol. The summed E-state index contributed by atoms with van der Waals surface area (Å²) in [4.78, 5) is 23.8. The van der Waals surface area contributed by atoms with Gasteiger partial charge in [0.1, 0.15) is 6.04 Å². The van der Waals surface area contributed by atoms with Gasteiger partial charge in [0.05, 0.1) is 0 Å². The van der Waals surface area contributed by atoms with E-state index in [0.29, 0.717) is 19.4 Å². The third-order valence-electron chi connectivity index (χ3n) is 1.99. The Hall–Kier alpha value is -1.50. The van der Waals surface area contributed by atoms with Crippen molar-refractivity contribution in [1.82, 2.24) is 10.2 Å². The van der Waals surface area contributed by atoms with Gasteiger partial charge >= 0.3 is 6.03 Å². The van der Waals surface area contributed by atoms with Gasteiger partial charge in [-0.3, -0.25) is 9.69 Å². The van der Waals surface area contributed by atoms with E-state index in [2.05, 4.69) is 11.2 Å². The first-order valence-electron chi connectivity index (χ1n) is 4.26. The average Bonchev–Trinajstić information content (AvgIpc) is 2.39. The van der Waals surface area contributed by atoms with Crippen LogP contribution >= 0.6 is 0 Å². The van der Waals surface area contributed by atoms with Crippen molar-refractivity contribution in [3.05, 3.63) is 0 Å². The third kappa shape index (κ3) is 1.81. The van der Waals surface area contributed by atoms with Crippen LogP contribution in [0.1, 0.15) is 19.8 Å². The first-order valence-corrected chi connectivity index (χ1v) is 4.26. The molecule has 0 spiro atoms. The molecule has 0 radical (unpaired) electrons. The molecule has 1 fully saturated rings. The van der Waals surface area contributed by atoms with E-state index in [1.807, 2.05) is 6.92 Å². The summed E-state index contributed by atoms with van der Waals surface area (Å²) in [5.41, 5.74) is 0. The van der Waals surface area contributed by atoms with Crippen molar-refractivity contribution in [3.8, 4) is 12.3 Å². The highest BCUT2D eigenvalue weighted by Gasteiger charge is 2.35. The Morgan fingerprint density at radius 3 is 2.77 bits per heavy atom. The molecule has 4 nitrogen and oxygen atoms in total.